The second-order valence-corrected chi connectivity index (χ2v) is 7.11. The van der Waals surface area contributed by atoms with Crippen LogP contribution in [0.5, 0.6) is 11.5 Å². The van der Waals surface area contributed by atoms with Gasteiger partial charge in [-0.1, -0.05) is 44.2 Å². The lowest BCUT2D eigenvalue weighted by Gasteiger charge is -2.18. The molecule has 2 aromatic carbocycles. The molecule has 1 N–H and O–H groups in total. The van der Waals surface area contributed by atoms with E-state index in [0.717, 1.165) is 11.1 Å². The smallest absolute Gasteiger partial charge is 0.307 e. The summed E-state index contributed by atoms with van der Waals surface area (Å²) in [5.41, 5.74) is 2.86. The molecule has 1 aliphatic rings. The molecule has 6 nitrogen and oxygen atoms in total. The monoisotopic (exact) mass is 395 g/mol. The number of hydrogen-bond acceptors (Lipinski definition) is 5. The maximum absolute atomic E-state index is 12.5. The predicted octanol–water partition coefficient (Wildman–Crippen LogP) is 3.97. The lowest BCUT2D eigenvalue weighted by atomic mass is 9.97. The summed E-state index contributed by atoms with van der Waals surface area (Å²) in [7, 11) is 1.34. The fraction of sp³-hybridized carbons (Fsp3) is 0.304. The van der Waals surface area contributed by atoms with Crippen molar-refractivity contribution < 1.29 is 23.8 Å². The van der Waals surface area contributed by atoms with Gasteiger partial charge in [-0.15, -0.1) is 0 Å². The highest BCUT2D eigenvalue weighted by Gasteiger charge is 2.18. The summed E-state index contributed by atoms with van der Waals surface area (Å²) in [5.74, 6) is 1.06. The van der Waals surface area contributed by atoms with Gasteiger partial charge in [0.2, 0.25) is 12.7 Å². The number of nitrogens with one attached hydrogen (secondary N) is 1. The maximum Gasteiger partial charge on any atom is 0.307 e. The Bertz CT molecular complexity index is 902. The third-order valence-electron chi connectivity index (χ3n) is 4.74. The summed E-state index contributed by atoms with van der Waals surface area (Å²) in [6.45, 7) is 4.43. The molecule has 1 amide bonds. The summed E-state index contributed by atoms with van der Waals surface area (Å²) in [6, 6.07) is 12.9. The first-order valence-corrected chi connectivity index (χ1v) is 9.51. The van der Waals surface area contributed by atoms with E-state index in [2.05, 4.69) is 19.2 Å². The number of esters is 1. The number of ether oxygens (including phenoxy) is 3. The third-order valence-corrected chi connectivity index (χ3v) is 4.74. The van der Waals surface area contributed by atoms with E-state index < -0.39 is 6.04 Å². The Morgan fingerprint density at radius 3 is 2.45 bits per heavy atom. The Balaban J connectivity index is 1.71. The molecule has 2 aromatic rings. The fourth-order valence-corrected chi connectivity index (χ4v) is 3.02. The van der Waals surface area contributed by atoms with Crippen molar-refractivity contribution in [1.82, 2.24) is 5.32 Å². The first-order chi connectivity index (χ1) is 14.0. The summed E-state index contributed by atoms with van der Waals surface area (Å²) >= 11 is 0. The van der Waals surface area contributed by atoms with Crippen LogP contribution in [0.2, 0.25) is 0 Å². The Hall–Kier alpha value is -3.28. The number of amides is 1. The predicted molar refractivity (Wildman–Crippen MR) is 110 cm³/mol. The number of rotatable bonds is 7. The Morgan fingerprint density at radius 1 is 1.07 bits per heavy atom. The molecule has 1 aliphatic heterocycles. The highest BCUT2D eigenvalue weighted by Crippen LogP contribution is 2.32. The largest absolute Gasteiger partial charge is 0.469 e. The van der Waals surface area contributed by atoms with Crippen molar-refractivity contribution in [3.8, 4) is 11.5 Å². The van der Waals surface area contributed by atoms with E-state index in [0.29, 0.717) is 17.4 Å². The van der Waals surface area contributed by atoms with Crippen molar-refractivity contribution in [1.29, 1.82) is 0 Å². The average Bonchev–Trinajstić information content (AvgIpc) is 3.19. The number of methoxy groups -OCH3 is 1. The zero-order valence-corrected chi connectivity index (χ0v) is 16.8. The molecule has 0 saturated carbocycles. The zero-order valence-electron chi connectivity index (χ0n) is 16.8. The molecule has 0 aromatic heterocycles. The standard InChI is InChI=1S/C23H25NO5/c1-15(2)17-6-8-18(9-7-17)19(13-23(26)27-3)24-22(25)11-5-16-4-10-20-21(12-16)29-14-28-20/h4-12,15,19H,13-14H2,1-3H3,(H,24,25)/b11-5+. The van der Waals surface area contributed by atoms with E-state index in [-0.39, 0.29) is 25.1 Å². The molecule has 6 heteroatoms. The van der Waals surface area contributed by atoms with Crippen LogP contribution in [0.15, 0.2) is 48.5 Å². The molecule has 1 unspecified atom stereocenters. The molecule has 152 valence electrons. The molecule has 1 atom stereocenters. The van der Waals surface area contributed by atoms with Gasteiger partial charge in [0.15, 0.2) is 11.5 Å². The van der Waals surface area contributed by atoms with Gasteiger partial charge in [0.05, 0.1) is 19.6 Å². The van der Waals surface area contributed by atoms with Crippen molar-refractivity contribution in [2.24, 2.45) is 0 Å². The van der Waals surface area contributed by atoms with Gasteiger partial charge in [-0.2, -0.15) is 0 Å². The van der Waals surface area contributed by atoms with Crippen molar-refractivity contribution in [2.45, 2.75) is 32.2 Å². The quantitative estimate of drug-likeness (QED) is 0.567. The van der Waals surface area contributed by atoms with Crippen LogP contribution in [0.25, 0.3) is 6.08 Å². The van der Waals surface area contributed by atoms with E-state index in [1.54, 1.807) is 12.1 Å². The third kappa shape index (κ3) is 5.38. The molecule has 0 bridgehead atoms. The topological polar surface area (TPSA) is 73.9 Å². The van der Waals surface area contributed by atoms with Gasteiger partial charge in [-0.25, -0.2) is 0 Å². The van der Waals surface area contributed by atoms with Crippen LogP contribution in [0, 0.1) is 0 Å². The molecule has 0 radical (unpaired) electrons. The second kappa shape index (κ2) is 9.28. The molecule has 3 rings (SSSR count). The second-order valence-electron chi connectivity index (χ2n) is 7.11. The van der Waals surface area contributed by atoms with Crippen molar-refractivity contribution in [3.05, 3.63) is 65.2 Å². The van der Waals surface area contributed by atoms with Crippen molar-refractivity contribution in [2.75, 3.05) is 13.9 Å². The highest BCUT2D eigenvalue weighted by atomic mass is 16.7. The van der Waals surface area contributed by atoms with Crippen LogP contribution in [0.3, 0.4) is 0 Å². The van der Waals surface area contributed by atoms with E-state index in [1.165, 1.54) is 18.7 Å². The Labute approximate surface area is 170 Å². The van der Waals surface area contributed by atoms with Gasteiger partial charge in [-0.05, 0) is 40.8 Å². The van der Waals surface area contributed by atoms with E-state index in [9.17, 15) is 9.59 Å². The number of carbonyl (C=O) groups excluding carboxylic acids is 2. The maximum atomic E-state index is 12.5. The normalized spacial score (nSPS) is 13.5. The molecule has 0 spiro atoms. The van der Waals surface area contributed by atoms with Crippen LogP contribution in [0.4, 0.5) is 0 Å². The zero-order chi connectivity index (χ0) is 20.8. The van der Waals surface area contributed by atoms with Crippen LogP contribution < -0.4 is 14.8 Å². The van der Waals surface area contributed by atoms with E-state index in [4.69, 9.17) is 14.2 Å². The molecule has 0 fully saturated rings. The molecule has 0 aliphatic carbocycles. The minimum Gasteiger partial charge on any atom is -0.469 e. The Kier molecular flexibility index (Phi) is 6.54. The number of fused-ring (bicyclic) bond motifs is 1. The molecule has 1 heterocycles. The summed E-state index contributed by atoms with van der Waals surface area (Å²) in [4.78, 5) is 24.3. The van der Waals surface area contributed by atoms with Gasteiger partial charge in [0.1, 0.15) is 0 Å². The summed E-state index contributed by atoms with van der Waals surface area (Å²) in [6.07, 6.45) is 3.18. The number of carbonyl (C=O) groups is 2. The van der Waals surface area contributed by atoms with Crippen LogP contribution in [-0.2, 0) is 14.3 Å². The molecule has 29 heavy (non-hydrogen) atoms. The SMILES string of the molecule is COC(=O)CC(NC(=O)/C=C/c1ccc2c(c1)OCO2)c1ccc(C(C)C)cc1. The van der Waals surface area contributed by atoms with Gasteiger partial charge in [-0.3, -0.25) is 9.59 Å². The van der Waals surface area contributed by atoms with Crippen molar-refractivity contribution >= 4 is 18.0 Å². The van der Waals surface area contributed by atoms with Gasteiger partial charge < -0.3 is 19.5 Å². The Morgan fingerprint density at radius 2 is 1.76 bits per heavy atom. The number of benzene rings is 2. The first kappa shape index (κ1) is 20.5. The minimum atomic E-state index is -0.474. The van der Waals surface area contributed by atoms with Crippen molar-refractivity contribution in [3.63, 3.8) is 0 Å². The molecular weight excluding hydrogens is 370 g/mol. The van der Waals surface area contributed by atoms with Gasteiger partial charge >= 0.3 is 5.97 Å². The van der Waals surface area contributed by atoms with Gasteiger partial charge in [0.25, 0.3) is 0 Å². The number of hydrogen-bond donors (Lipinski definition) is 1. The fourth-order valence-electron chi connectivity index (χ4n) is 3.02. The van der Waals surface area contributed by atoms with Crippen LogP contribution in [-0.4, -0.2) is 25.8 Å². The van der Waals surface area contributed by atoms with E-state index in [1.807, 2.05) is 36.4 Å². The van der Waals surface area contributed by atoms with Crippen LogP contribution in [0.1, 0.15) is 48.9 Å². The van der Waals surface area contributed by atoms with E-state index >= 15 is 0 Å². The average molecular weight is 395 g/mol. The summed E-state index contributed by atoms with van der Waals surface area (Å²) < 4.78 is 15.4. The molecule has 0 saturated heterocycles. The highest BCUT2D eigenvalue weighted by molar-refractivity contribution is 5.92. The van der Waals surface area contributed by atoms with Gasteiger partial charge in [0, 0.05) is 6.08 Å². The summed E-state index contributed by atoms with van der Waals surface area (Å²) in [5, 5.41) is 2.89. The lowest BCUT2D eigenvalue weighted by molar-refractivity contribution is -0.141. The first-order valence-electron chi connectivity index (χ1n) is 9.51. The van der Waals surface area contributed by atoms with Crippen LogP contribution >= 0.6 is 0 Å². The lowest BCUT2D eigenvalue weighted by Crippen LogP contribution is -2.29. The minimum absolute atomic E-state index is 0.0567. The molecular formula is C23H25NO5.